The fraction of sp³-hybridized carbons (Fsp3) is 0.143. The average molecular weight is 249 g/mol. The molecule has 0 spiro atoms. The lowest BCUT2D eigenvalue weighted by Gasteiger charge is -2.14. The summed E-state index contributed by atoms with van der Waals surface area (Å²) >= 11 is 6.08. The van der Waals surface area contributed by atoms with Crippen molar-refractivity contribution in [2.75, 3.05) is 7.11 Å². The standard InChI is InChI=1S/C14H13ClO2/c1-17-11-7-8-13(15)12(9-11)14(16)10-5-3-2-4-6-10/h2-9,14,16H,1H3. The van der Waals surface area contributed by atoms with Gasteiger partial charge in [-0.2, -0.15) is 0 Å². The molecule has 0 aliphatic heterocycles. The number of benzene rings is 2. The summed E-state index contributed by atoms with van der Waals surface area (Å²) in [7, 11) is 1.59. The average Bonchev–Trinajstić information content (AvgIpc) is 2.39. The van der Waals surface area contributed by atoms with Gasteiger partial charge in [0.05, 0.1) is 7.11 Å². The summed E-state index contributed by atoms with van der Waals surface area (Å²) in [4.78, 5) is 0. The van der Waals surface area contributed by atoms with Crippen molar-refractivity contribution in [1.82, 2.24) is 0 Å². The van der Waals surface area contributed by atoms with Crippen LogP contribution in [-0.2, 0) is 0 Å². The first-order chi connectivity index (χ1) is 8.22. The van der Waals surface area contributed by atoms with E-state index in [0.717, 1.165) is 5.56 Å². The van der Waals surface area contributed by atoms with Crippen LogP contribution < -0.4 is 4.74 Å². The van der Waals surface area contributed by atoms with Crippen LogP contribution in [0.4, 0.5) is 0 Å². The molecular formula is C14H13ClO2. The van der Waals surface area contributed by atoms with E-state index < -0.39 is 6.10 Å². The Labute approximate surface area is 105 Å². The van der Waals surface area contributed by atoms with Crippen molar-refractivity contribution in [3.8, 4) is 5.75 Å². The molecule has 1 atom stereocenters. The van der Waals surface area contributed by atoms with E-state index in [-0.39, 0.29) is 0 Å². The normalized spacial score (nSPS) is 12.2. The van der Waals surface area contributed by atoms with Crippen LogP contribution >= 0.6 is 11.6 Å². The van der Waals surface area contributed by atoms with Crippen molar-refractivity contribution >= 4 is 11.6 Å². The van der Waals surface area contributed by atoms with Gasteiger partial charge >= 0.3 is 0 Å². The summed E-state index contributed by atoms with van der Waals surface area (Å²) < 4.78 is 5.13. The van der Waals surface area contributed by atoms with E-state index in [0.29, 0.717) is 16.3 Å². The maximum atomic E-state index is 10.3. The number of hydrogen-bond donors (Lipinski definition) is 1. The molecule has 1 unspecified atom stereocenters. The Bertz CT molecular complexity index is 497. The van der Waals surface area contributed by atoms with Gasteiger partial charge in [-0.25, -0.2) is 0 Å². The number of methoxy groups -OCH3 is 1. The van der Waals surface area contributed by atoms with Gasteiger partial charge in [0.25, 0.3) is 0 Å². The summed E-state index contributed by atoms with van der Waals surface area (Å²) in [6.45, 7) is 0. The lowest BCUT2D eigenvalue weighted by molar-refractivity contribution is 0.220. The first-order valence-corrected chi connectivity index (χ1v) is 5.66. The maximum absolute atomic E-state index is 10.3. The molecule has 2 aromatic rings. The van der Waals surface area contributed by atoms with E-state index in [4.69, 9.17) is 16.3 Å². The second-order valence-corrected chi connectivity index (χ2v) is 4.11. The highest BCUT2D eigenvalue weighted by Gasteiger charge is 2.14. The zero-order chi connectivity index (χ0) is 12.3. The van der Waals surface area contributed by atoms with Crippen molar-refractivity contribution < 1.29 is 9.84 Å². The van der Waals surface area contributed by atoms with Gasteiger partial charge in [0, 0.05) is 10.6 Å². The third-order valence-corrected chi connectivity index (χ3v) is 2.96. The van der Waals surface area contributed by atoms with Crippen molar-refractivity contribution in [3.05, 3.63) is 64.7 Å². The molecule has 0 saturated carbocycles. The molecule has 0 amide bonds. The van der Waals surface area contributed by atoms with Crippen molar-refractivity contribution in [3.63, 3.8) is 0 Å². The van der Waals surface area contributed by atoms with Gasteiger partial charge in [-0.15, -0.1) is 0 Å². The van der Waals surface area contributed by atoms with Gasteiger partial charge in [0.15, 0.2) is 0 Å². The van der Waals surface area contributed by atoms with E-state index in [1.54, 1.807) is 25.3 Å². The van der Waals surface area contributed by atoms with Crippen molar-refractivity contribution in [1.29, 1.82) is 0 Å². The fourth-order valence-electron chi connectivity index (χ4n) is 1.67. The van der Waals surface area contributed by atoms with Gasteiger partial charge < -0.3 is 9.84 Å². The van der Waals surface area contributed by atoms with Crippen LogP contribution in [0.25, 0.3) is 0 Å². The Morgan fingerprint density at radius 2 is 1.82 bits per heavy atom. The minimum atomic E-state index is -0.737. The van der Waals surface area contributed by atoms with E-state index in [1.165, 1.54) is 0 Å². The highest BCUT2D eigenvalue weighted by Crippen LogP contribution is 2.31. The largest absolute Gasteiger partial charge is 0.497 e. The van der Waals surface area contributed by atoms with E-state index in [1.807, 2.05) is 30.3 Å². The summed E-state index contributed by atoms with van der Waals surface area (Å²) in [6, 6.07) is 14.6. The number of ether oxygens (including phenoxy) is 1. The zero-order valence-electron chi connectivity index (χ0n) is 9.43. The molecular weight excluding hydrogens is 236 g/mol. The number of rotatable bonds is 3. The Hall–Kier alpha value is -1.51. The number of aliphatic hydroxyl groups is 1. The Kier molecular flexibility index (Phi) is 3.67. The van der Waals surface area contributed by atoms with Crippen LogP contribution in [0.15, 0.2) is 48.5 Å². The van der Waals surface area contributed by atoms with E-state index in [2.05, 4.69) is 0 Å². The van der Waals surface area contributed by atoms with Gasteiger partial charge in [0.1, 0.15) is 11.9 Å². The van der Waals surface area contributed by atoms with Crippen LogP contribution in [-0.4, -0.2) is 12.2 Å². The lowest BCUT2D eigenvalue weighted by atomic mass is 10.0. The van der Waals surface area contributed by atoms with Crippen LogP contribution in [0.1, 0.15) is 17.2 Å². The van der Waals surface area contributed by atoms with Crippen LogP contribution in [0, 0.1) is 0 Å². The summed E-state index contributed by atoms with van der Waals surface area (Å²) in [5, 5.41) is 10.8. The maximum Gasteiger partial charge on any atom is 0.119 e. The molecule has 0 bridgehead atoms. The molecule has 2 nitrogen and oxygen atoms in total. The van der Waals surface area contributed by atoms with Crippen molar-refractivity contribution in [2.24, 2.45) is 0 Å². The molecule has 0 aromatic heterocycles. The summed E-state index contributed by atoms with van der Waals surface area (Å²) in [6.07, 6.45) is -0.737. The third-order valence-electron chi connectivity index (χ3n) is 2.61. The predicted molar refractivity (Wildman–Crippen MR) is 68.5 cm³/mol. The lowest BCUT2D eigenvalue weighted by Crippen LogP contribution is -2.00. The molecule has 0 radical (unpaired) electrons. The number of halogens is 1. The molecule has 0 aliphatic carbocycles. The van der Waals surface area contributed by atoms with Crippen LogP contribution in [0.3, 0.4) is 0 Å². The Morgan fingerprint density at radius 1 is 1.12 bits per heavy atom. The highest BCUT2D eigenvalue weighted by molar-refractivity contribution is 6.31. The molecule has 3 heteroatoms. The number of hydrogen-bond acceptors (Lipinski definition) is 2. The predicted octanol–water partition coefficient (Wildman–Crippen LogP) is 3.43. The van der Waals surface area contributed by atoms with Crippen LogP contribution in [0.2, 0.25) is 5.02 Å². The minimum absolute atomic E-state index is 0.530. The smallest absolute Gasteiger partial charge is 0.119 e. The van der Waals surface area contributed by atoms with Gasteiger partial charge in [-0.05, 0) is 23.8 Å². The van der Waals surface area contributed by atoms with Crippen molar-refractivity contribution in [2.45, 2.75) is 6.10 Å². The van der Waals surface area contributed by atoms with Gasteiger partial charge in [0.2, 0.25) is 0 Å². The quantitative estimate of drug-likeness (QED) is 0.902. The topological polar surface area (TPSA) is 29.5 Å². The van der Waals surface area contributed by atoms with E-state index in [9.17, 15) is 5.11 Å². The molecule has 0 saturated heterocycles. The fourth-order valence-corrected chi connectivity index (χ4v) is 1.89. The molecule has 0 aliphatic rings. The Balaban J connectivity index is 2.40. The highest BCUT2D eigenvalue weighted by atomic mass is 35.5. The minimum Gasteiger partial charge on any atom is -0.497 e. The molecule has 1 N–H and O–H groups in total. The van der Waals surface area contributed by atoms with Crippen LogP contribution in [0.5, 0.6) is 5.75 Å². The molecule has 88 valence electrons. The van der Waals surface area contributed by atoms with Gasteiger partial charge in [-0.3, -0.25) is 0 Å². The molecule has 0 fully saturated rings. The monoisotopic (exact) mass is 248 g/mol. The SMILES string of the molecule is COc1ccc(Cl)c(C(O)c2ccccc2)c1. The number of aliphatic hydroxyl groups excluding tert-OH is 1. The second-order valence-electron chi connectivity index (χ2n) is 3.70. The third kappa shape index (κ3) is 2.60. The van der Waals surface area contributed by atoms with E-state index >= 15 is 0 Å². The molecule has 0 heterocycles. The molecule has 17 heavy (non-hydrogen) atoms. The second kappa shape index (κ2) is 5.21. The summed E-state index contributed by atoms with van der Waals surface area (Å²) in [5.41, 5.74) is 1.46. The first kappa shape index (κ1) is 12.0. The molecule has 2 aromatic carbocycles. The van der Waals surface area contributed by atoms with Gasteiger partial charge in [-0.1, -0.05) is 41.9 Å². The zero-order valence-corrected chi connectivity index (χ0v) is 10.2. The summed E-state index contributed by atoms with van der Waals surface area (Å²) in [5.74, 6) is 0.680. The Morgan fingerprint density at radius 3 is 2.47 bits per heavy atom. The first-order valence-electron chi connectivity index (χ1n) is 5.29. The molecule has 2 rings (SSSR count).